The minimum Gasteiger partial charge on any atom is -0.478 e. The summed E-state index contributed by atoms with van der Waals surface area (Å²) >= 11 is 11.7. The smallest absolute Gasteiger partial charge is 0.335 e. The first kappa shape index (κ1) is 18.4. The van der Waals surface area contributed by atoms with Crippen molar-refractivity contribution in [2.45, 2.75) is 5.75 Å². The Balaban J connectivity index is 1.90. The average Bonchev–Trinajstić information content (AvgIpc) is 2.51. The summed E-state index contributed by atoms with van der Waals surface area (Å²) in [4.78, 5) is 22.6. The molecule has 5 nitrogen and oxygen atoms in total. The van der Waals surface area contributed by atoms with Gasteiger partial charge >= 0.3 is 5.97 Å². The van der Waals surface area contributed by atoms with E-state index in [1.54, 1.807) is 18.2 Å². The normalized spacial score (nSPS) is 11.8. The number of halogens is 2. The molecule has 126 valence electrons. The van der Waals surface area contributed by atoms with Crippen molar-refractivity contribution in [2.75, 3.05) is 11.1 Å². The number of aromatic carboxylic acids is 1. The molecule has 2 rings (SSSR count). The molecule has 0 fully saturated rings. The molecule has 2 N–H and O–H groups in total. The van der Waals surface area contributed by atoms with Gasteiger partial charge in [-0.25, -0.2) is 4.79 Å². The van der Waals surface area contributed by atoms with Crippen LogP contribution in [0.2, 0.25) is 10.0 Å². The molecule has 2 aromatic carbocycles. The lowest BCUT2D eigenvalue weighted by molar-refractivity contribution is -0.113. The van der Waals surface area contributed by atoms with Crippen molar-refractivity contribution >= 4 is 51.6 Å². The minimum absolute atomic E-state index is 0.121. The summed E-state index contributed by atoms with van der Waals surface area (Å²) in [6, 6.07) is 10.6. The van der Waals surface area contributed by atoms with E-state index in [0.29, 0.717) is 15.7 Å². The van der Waals surface area contributed by atoms with Gasteiger partial charge in [0.05, 0.1) is 15.6 Å². The number of benzene rings is 2. The summed E-state index contributed by atoms with van der Waals surface area (Å²) in [5.74, 6) is -1.46. The maximum absolute atomic E-state index is 12.0. The van der Waals surface area contributed by atoms with E-state index in [9.17, 15) is 13.8 Å². The van der Waals surface area contributed by atoms with Crippen LogP contribution in [0.4, 0.5) is 5.69 Å². The molecule has 0 spiro atoms. The van der Waals surface area contributed by atoms with Gasteiger partial charge in [0, 0.05) is 22.2 Å². The third-order valence-corrected chi connectivity index (χ3v) is 5.00. The first-order valence-electron chi connectivity index (χ1n) is 6.77. The Hall–Kier alpha value is -1.89. The molecule has 24 heavy (non-hydrogen) atoms. The average molecular weight is 386 g/mol. The fraction of sp³-hybridized carbons (Fsp3) is 0.125. The minimum atomic E-state index is -1.41. The predicted octanol–water partition coefficient (Wildman–Crippen LogP) is 3.58. The highest BCUT2D eigenvalue weighted by Gasteiger charge is 2.11. The van der Waals surface area contributed by atoms with Crippen molar-refractivity contribution in [1.29, 1.82) is 0 Å². The molecule has 0 saturated carbocycles. The number of carbonyl (C=O) groups excluding carboxylic acids is 1. The predicted molar refractivity (Wildman–Crippen MR) is 95.2 cm³/mol. The Kier molecular flexibility index (Phi) is 6.36. The van der Waals surface area contributed by atoms with E-state index in [-0.39, 0.29) is 17.1 Å². The summed E-state index contributed by atoms with van der Waals surface area (Å²) < 4.78 is 12.0. The van der Waals surface area contributed by atoms with Crippen molar-refractivity contribution in [3.63, 3.8) is 0 Å². The lowest BCUT2D eigenvalue weighted by Crippen LogP contribution is -2.20. The van der Waals surface area contributed by atoms with Crippen LogP contribution in [-0.4, -0.2) is 26.9 Å². The Morgan fingerprint density at radius 3 is 2.29 bits per heavy atom. The van der Waals surface area contributed by atoms with E-state index < -0.39 is 22.7 Å². The third-order valence-electron chi connectivity index (χ3n) is 3.02. The molecule has 0 heterocycles. The lowest BCUT2D eigenvalue weighted by Gasteiger charge is -2.06. The fourth-order valence-electron chi connectivity index (χ4n) is 1.91. The molecule has 0 aliphatic heterocycles. The van der Waals surface area contributed by atoms with Gasteiger partial charge in [-0.15, -0.1) is 0 Å². The molecule has 0 aliphatic rings. The molecular formula is C16H13Cl2NO4S. The molecule has 1 unspecified atom stereocenters. The first-order valence-corrected chi connectivity index (χ1v) is 9.01. The van der Waals surface area contributed by atoms with Crippen LogP contribution in [0, 0.1) is 0 Å². The van der Waals surface area contributed by atoms with Crippen LogP contribution >= 0.6 is 23.2 Å². The number of rotatable bonds is 6. The highest BCUT2D eigenvalue weighted by atomic mass is 35.5. The Morgan fingerprint density at radius 1 is 1.04 bits per heavy atom. The van der Waals surface area contributed by atoms with Gasteiger partial charge in [-0.05, 0) is 42.0 Å². The van der Waals surface area contributed by atoms with Gasteiger partial charge < -0.3 is 10.4 Å². The number of carboxylic acid groups (broad SMARTS) is 1. The lowest BCUT2D eigenvalue weighted by atomic mass is 10.2. The second kappa shape index (κ2) is 8.28. The van der Waals surface area contributed by atoms with Gasteiger partial charge in [0.15, 0.2) is 0 Å². The van der Waals surface area contributed by atoms with E-state index in [4.69, 9.17) is 28.3 Å². The highest BCUT2D eigenvalue weighted by molar-refractivity contribution is 7.84. The molecule has 0 aromatic heterocycles. The second-order valence-corrected chi connectivity index (χ2v) is 7.18. The molecular weight excluding hydrogens is 373 g/mol. The number of anilines is 1. The van der Waals surface area contributed by atoms with Crippen LogP contribution in [0.3, 0.4) is 0 Å². The fourth-order valence-corrected chi connectivity index (χ4v) is 3.24. The Labute approximate surface area is 151 Å². The summed E-state index contributed by atoms with van der Waals surface area (Å²) in [6.45, 7) is 0. The topological polar surface area (TPSA) is 83.5 Å². The quantitative estimate of drug-likeness (QED) is 0.795. The van der Waals surface area contributed by atoms with Gasteiger partial charge in [0.2, 0.25) is 5.91 Å². The summed E-state index contributed by atoms with van der Waals surface area (Å²) in [6.07, 6.45) is 0. The molecule has 0 saturated heterocycles. The monoisotopic (exact) mass is 385 g/mol. The van der Waals surface area contributed by atoms with Crippen LogP contribution in [0.25, 0.3) is 0 Å². The number of nitrogens with one attached hydrogen (secondary N) is 1. The molecule has 8 heteroatoms. The highest BCUT2D eigenvalue weighted by Crippen LogP contribution is 2.23. The maximum atomic E-state index is 12.0. The van der Waals surface area contributed by atoms with Crippen molar-refractivity contribution in [3.8, 4) is 0 Å². The Bertz CT molecular complexity index is 793. The van der Waals surface area contributed by atoms with Gasteiger partial charge in [-0.3, -0.25) is 9.00 Å². The molecule has 0 aliphatic carbocycles. The van der Waals surface area contributed by atoms with E-state index in [1.807, 2.05) is 0 Å². The van der Waals surface area contributed by atoms with Crippen LogP contribution in [0.15, 0.2) is 42.5 Å². The standard InChI is InChI=1S/C16H13Cl2NO4S/c17-13-6-1-10(7-14(13)18)8-24(23)9-15(20)19-12-4-2-11(3-5-12)16(21)22/h1-7H,8-9H2,(H,19,20)(H,21,22). The van der Waals surface area contributed by atoms with Gasteiger partial charge in [0.1, 0.15) is 5.75 Å². The first-order chi connectivity index (χ1) is 11.3. The van der Waals surface area contributed by atoms with E-state index in [0.717, 1.165) is 5.56 Å². The van der Waals surface area contributed by atoms with E-state index in [2.05, 4.69) is 5.32 Å². The van der Waals surface area contributed by atoms with Crippen LogP contribution in [-0.2, 0) is 21.3 Å². The summed E-state index contributed by atoms with van der Waals surface area (Å²) in [5, 5.41) is 12.2. The number of carboxylic acids is 1. The van der Waals surface area contributed by atoms with E-state index >= 15 is 0 Å². The zero-order valence-corrected chi connectivity index (χ0v) is 14.6. The van der Waals surface area contributed by atoms with Gasteiger partial charge in [0.25, 0.3) is 0 Å². The van der Waals surface area contributed by atoms with E-state index in [1.165, 1.54) is 24.3 Å². The van der Waals surface area contributed by atoms with Crippen LogP contribution < -0.4 is 5.32 Å². The molecule has 0 radical (unpaired) electrons. The molecule has 1 amide bonds. The number of hydrogen-bond acceptors (Lipinski definition) is 3. The summed E-state index contributed by atoms with van der Waals surface area (Å²) in [7, 11) is -1.41. The zero-order chi connectivity index (χ0) is 17.7. The molecule has 2 aromatic rings. The summed E-state index contributed by atoms with van der Waals surface area (Å²) in [5.41, 5.74) is 1.29. The third kappa shape index (κ3) is 5.33. The molecule has 0 bridgehead atoms. The van der Waals surface area contributed by atoms with Gasteiger partial charge in [-0.1, -0.05) is 29.3 Å². The zero-order valence-electron chi connectivity index (χ0n) is 12.3. The SMILES string of the molecule is O=C(CS(=O)Cc1ccc(Cl)c(Cl)c1)Nc1ccc(C(=O)O)cc1. The molecule has 1 atom stereocenters. The van der Waals surface area contributed by atoms with Crippen LogP contribution in [0.1, 0.15) is 15.9 Å². The number of amides is 1. The second-order valence-electron chi connectivity index (χ2n) is 4.91. The van der Waals surface area contributed by atoms with Crippen molar-refractivity contribution in [1.82, 2.24) is 0 Å². The van der Waals surface area contributed by atoms with Gasteiger partial charge in [-0.2, -0.15) is 0 Å². The van der Waals surface area contributed by atoms with Crippen molar-refractivity contribution < 1.29 is 18.9 Å². The van der Waals surface area contributed by atoms with Crippen molar-refractivity contribution in [2.24, 2.45) is 0 Å². The Morgan fingerprint density at radius 2 is 1.71 bits per heavy atom. The maximum Gasteiger partial charge on any atom is 0.335 e. The largest absolute Gasteiger partial charge is 0.478 e. The van der Waals surface area contributed by atoms with Crippen LogP contribution in [0.5, 0.6) is 0 Å². The number of hydrogen-bond donors (Lipinski definition) is 2. The number of carbonyl (C=O) groups is 2. The van der Waals surface area contributed by atoms with Crippen molar-refractivity contribution in [3.05, 3.63) is 63.6 Å².